The van der Waals surface area contributed by atoms with E-state index in [-0.39, 0.29) is 0 Å². The number of hydrogen-bond acceptors (Lipinski definition) is 3. The van der Waals surface area contributed by atoms with Crippen molar-refractivity contribution >= 4 is 0 Å². The second-order valence-electron chi connectivity index (χ2n) is 4.42. The molecule has 0 atom stereocenters. The normalized spacial score (nSPS) is 14.4. The van der Waals surface area contributed by atoms with E-state index >= 15 is 0 Å². The molecule has 1 saturated carbocycles. The van der Waals surface area contributed by atoms with Gasteiger partial charge in [-0.15, -0.1) is 0 Å². The molecule has 1 aliphatic carbocycles. The van der Waals surface area contributed by atoms with E-state index in [1.807, 2.05) is 12.1 Å². The van der Waals surface area contributed by atoms with Crippen LogP contribution in [0.2, 0.25) is 0 Å². The van der Waals surface area contributed by atoms with Crippen LogP contribution in [0.3, 0.4) is 0 Å². The Balaban J connectivity index is 1.88. The number of nitrogens with one attached hydrogen (secondary N) is 1. The molecule has 3 nitrogen and oxygen atoms in total. The van der Waals surface area contributed by atoms with Crippen molar-refractivity contribution in [2.24, 2.45) is 5.73 Å². The molecule has 1 aromatic carbocycles. The Hall–Kier alpha value is -1.48. The molecule has 0 unspecified atom stereocenters. The van der Waals surface area contributed by atoms with Gasteiger partial charge in [0.15, 0.2) is 0 Å². The number of hydrogen-bond donors (Lipinski definition) is 2. The molecule has 3 N–H and O–H groups in total. The molecular formula is C14H20N2O. The minimum atomic E-state index is 0.504. The molecule has 1 aliphatic rings. The molecule has 3 heteroatoms. The topological polar surface area (TPSA) is 47.3 Å². The molecule has 0 radical (unpaired) electrons. The van der Waals surface area contributed by atoms with Crippen LogP contribution in [0.25, 0.3) is 0 Å². The van der Waals surface area contributed by atoms with Crippen molar-refractivity contribution in [2.45, 2.75) is 18.8 Å². The highest BCUT2D eigenvalue weighted by Crippen LogP contribution is 2.44. The number of ether oxygens (including phenoxy) is 1. The van der Waals surface area contributed by atoms with E-state index in [4.69, 9.17) is 10.5 Å². The third kappa shape index (κ3) is 3.49. The first-order chi connectivity index (χ1) is 8.31. The fourth-order valence-corrected chi connectivity index (χ4v) is 1.81. The first-order valence-electron chi connectivity index (χ1n) is 6.14. The molecule has 0 aromatic heterocycles. The number of para-hydroxylation sites is 1. The van der Waals surface area contributed by atoms with Crippen molar-refractivity contribution < 1.29 is 4.74 Å². The lowest BCUT2D eigenvalue weighted by molar-refractivity contribution is 0.339. The third-order valence-corrected chi connectivity index (χ3v) is 2.86. The van der Waals surface area contributed by atoms with Gasteiger partial charge >= 0.3 is 0 Å². The summed E-state index contributed by atoms with van der Waals surface area (Å²) in [6.45, 7) is 5.76. The van der Waals surface area contributed by atoms with E-state index in [1.54, 1.807) is 0 Å². The van der Waals surface area contributed by atoms with Gasteiger partial charge in [0, 0.05) is 18.8 Å². The van der Waals surface area contributed by atoms with Crippen LogP contribution in [0.1, 0.15) is 24.3 Å². The fourth-order valence-electron chi connectivity index (χ4n) is 1.81. The molecule has 2 rings (SSSR count). The van der Waals surface area contributed by atoms with E-state index in [2.05, 4.69) is 24.0 Å². The maximum atomic E-state index is 5.79. The quantitative estimate of drug-likeness (QED) is 0.756. The van der Waals surface area contributed by atoms with Crippen LogP contribution in [0.5, 0.6) is 5.75 Å². The molecule has 0 spiro atoms. The lowest BCUT2D eigenvalue weighted by Gasteiger charge is -2.13. The van der Waals surface area contributed by atoms with Crippen LogP contribution in [0.4, 0.5) is 0 Å². The van der Waals surface area contributed by atoms with Crippen LogP contribution < -0.4 is 15.8 Å². The van der Waals surface area contributed by atoms with E-state index in [9.17, 15) is 0 Å². The highest BCUT2D eigenvalue weighted by Gasteiger charge is 2.26. The number of benzene rings is 1. The second-order valence-corrected chi connectivity index (χ2v) is 4.42. The molecule has 0 saturated heterocycles. The van der Waals surface area contributed by atoms with Crippen LogP contribution in [-0.2, 0) is 0 Å². The zero-order valence-electron chi connectivity index (χ0n) is 10.1. The van der Waals surface area contributed by atoms with Gasteiger partial charge in [-0.05, 0) is 30.4 Å². The summed E-state index contributed by atoms with van der Waals surface area (Å²) < 4.78 is 5.79. The average Bonchev–Trinajstić information content (AvgIpc) is 3.18. The predicted octanol–water partition coefficient (Wildman–Crippen LogP) is 2.00. The van der Waals surface area contributed by atoms with Gasteiger partial charge in [0.05, 0.1) is 0 Å². The van der Waals surface area contributed by atoms with Crippen molar-refractivity contribution in [1.29, 1.82) is 0 Å². The monoisotopic (exact) mass is 232 g/mol. The molecule has 0 heterocycles. The molecule has 92 valence electrons. The molecule has 1 fully saturated rings. The van der Waals surface area contributed by atoms with Crippen LogP contribution in [0, 0.1) is 0 Å². The summed E-state index contributed by atoms with van der Waals surface area (Å²) in [5, 5.41) is 3.12. The van der Waals surface area contributed by atoms with Crippen molar-refractivity contribution in [3.63, 3.8) is 0 Å². The minimum Gasteiger partial charge on any atom is -0.487 e. The SMILES string of the molecule is C=C(COc1ccccc1C1CC1)NCCN. The lowest BCUT2D eigenvalue weighted by atomic mass is 10.1. The molecule has 0 bridgehead atoms. The Morgan fingerprint density at radius 3 is 2.88 bits per heavy atom. The van der Waals surface area contributed by atoms with Crippen LogP contribution in [0.15, 0.2) is 36.5 Å². The van der Waals surface area contributed by atoms with Gasteiger partial charge in [-0.1, -0.05) is 24.8 Å². The van der Waals surface area contributed by atoms with Crippen molar-refractivity contribution in [2.75, 3.05) is 19.7 Å². The average molecular weight is 232 g/mol. The summed E-state index contributed by atoms with van der Waals surface area (Å²) in [4.78, 5) is 0. The maximum absolute atomic E-state index is 5.79. The Morgan fingerprint density at radius 1 is 1.41 bits per heavy atom. The summed E-state index contributed by atoms with van der Waals surface area (Å²) in [7, 11) is 0. The number of rotatable bonds is 7. The zero-order chi connectivity index (χ0) is 12.1. The first-order valence-corrected chi connectivity index (χ1v) is 6.14. The Bertz CT molecular complexity index is 386. The second kappa shape index (κ2) is 5.73. The van der Waals surface area contributed by atoms with Gasteiger partial charge in [0.2, 0.25) is 0 Å². The van der Waals surface area contributed by atoms with E-state index in [0.717, 1.165) is 18.0 Å². The molecule has 1 aromatic rings. The van der Waals surface area contributed by atoms with Crippen LogP contribution >= 0.6 is 0 Å². The van der Waals surface area contributed by atoms with E-state index < -0.39 is 0 Å². The zero-order valence-corrected chi connectivity index (χ0v) is 10.1. The molecular weight excluding hydrogens is 212 g/mol. The minimum absolute atomic E-state index is 0.504. The van der Waals surface area contributed by atoms with Crippen molar-refractivity contribution in [1.82, 2.24) is 5.32 Å². The predicted molar refractivity (Wildman–Crippen MR) is 70.1 cm³/mol. The molecule has 0 amide bonds. The van der Waals surface area contributed by atoms with Crippen LogP contribution in [-0.4, -0.2) is 19.7 Å². The van der Waals surface area contributed by atoms with Gasteiger partial charge in [-0.3, -0.25) is 0 Å². The van der Waals surface area contributed by atoms with Gasteiger partial charge in [-0.25, -0.2) is 0 Å². The fraction of sp³-hybridized carbons (Fsp3) is 0.429. The molecule has 17 heavy (non-hydrogen) atoms. The van der Waals surface area contributed by atoms with Gasteiger partial charge < -0.3 is 15.8 Å². The van der Waals surface area contributed by atoms with E-state index in [0.29, 0.717) is 19.1 Å². The largest absolute Gasteiger partial charge is 0.487 e. The van der Waals surface area contributed by atoms with Crippen molar-refractivity contribution in [3.05, 3.63) is 42.1 Å². The summed E-state index contributed by atoms with van der Waals surface area (Å²) in [6, 6.07) is 8.27. The summed E-state index contributed by atoms with van der Waals surface area (Å²) in [5.41, 5.74) is 7.62. The maximum Gasteiger partial charge on any atom is 0.127 e. The first kappa shape index (κ1) is 12.0. The Labute approximate surface area is 103 Å². The summed E-state index contributed by atoms with van der Waals surface area (Å²) >= 11 is 0. The summed E-state index contributed by atoms with van der Waals surface area (Å²) in [6.07, 6.45) is 2.57. The van der Waals surface area contributed by atoms with E-state index in [1.165, 1.54) is 18.4 Å². The highest BCUT2D eigenvalue weighted by molar-refractivity contribution is 5.38. The smallest absolute Gasteiger partial charge is 0.127 e. The third-order valence-electron chi connectivity index (χ3n) is 2.86. The standard InChI is InChI=1S/C14H20N2O/c1-11(16-9-8-15)10-17-14-5-3-2-4-13(14)12-6-7-12/h2-5,12,16H,1,6-10,15H2. The summed E-state index contributed by atoms with van der Waals surface area (Å²) in [5.74, 6) is 1.70. The molecule has 0 aliphatic heterocycles. The Morgan fingerprint density at radius 2 is 2.18 bits per heavy atom. The highest BCUT2D eigenvalue weighted by atomic mass is 16.5. The number of nitrogens with two attached hydrogens (primary N) is 1. The van der Waals surface area contributed by atoms with Crippen molar-refractivity contribution in [3.8, 4) is 5.75 Å². The lowest BCUT2D eigenvalue weighted by Crippen LogP contribution is -2.24. The van der Waals surface area contributed by atoms with Gasteiger partial charge in [0.1, 0.15) is 12.4 Å². The van der Waals surface area contributed by atoms with Gasteiger partial charge in [-0.2, -0.15) is 0 Å². The van der Waals surface area contributed by atoms with Gasteiger partial charge in [0.25, 0.3) is 0 Å². The Kier molecular flexibility index (Phi) is 4.04.